The van der Waals surface area contributed by atoms with Crippen LogP contribution in [-0.4, -0.2) is 40.6 Å². The molecule has 0 fully saturated rings. The van der Waals surface area contributed by atoms with E-state index in [4.69, 9.17) is 14.2 Å². The second kappa shape index (κ2) is 13.2. The summed E-state index contributed by atoms with van der Waals surface area (Å²) in [5.41, 5.74) is 1.14. The van der Waals surface area contributed by atoms with Crippen molar-refractivity contribution < 1.29 is 27.8 Å². The number of para-hydroxylation sites is 2. The number of hydrogen-bond donors (Lipinski definition) is 1. The van der Waals surface area contributed by atoms with E-state index in [0.29, 0.717) is 40.4 Å². The first-order valence-electron chi connectivity index (χ1n) is 12.8. The summed E-state index contributed by atoms with van der Waals surface area (Å²) >= 11 is 1.09. The maximum Gasteiger partial charge on any atom is 0.235 e. The Morgan fingerprint density at radius 3 is 2.21 bits per heavy atom. The Morgan fingerprint density at radius 1 is 0.833 bits per heavy atom. The summed E-state index contributed by atoms with van der Waals surface area (Å²) in [5, 5.41) is 11.5. The number of methoxy groups -OCH3 is 2. The minimum atomic E-state index is -0.855. The summed E-state index contributed by atoms with van der Waals surface area (Å²) in [6.07, 6.45) is 0.392. The normalized spacial score (nSPS) is 10.8. The predicted molar refractivity (Wildman–Crippen MR) is 156 cm³/mol. The van der Waals surface area contributed by atoms with Crippen LogP contribution in [0.25, 0.3) is 5.69 Å². The predicted octanol–water partition coefficient (Wildman–Crippen LogP) is 6.68. The third-order valence-electron chi connectivity index (χ3n) is 6.14. The van der Waals surface area contributed by atoms with Crippen molar-refractivity contribution in [3.8, 4) is 28.7 Å². The van der Waals surface area contributed by atoms with E-state index in [1.807, 2.05) is 77.4 Å². The average Bonchev–Trinajstić information content (AvgIpc) is 3.41. The molecule has 0 atom stereocenters. The van der Waals surface area contributed by atoms with Crippen LogP contribution in [0.2, 0.25) is 0 Å². The smallest absolute Gasteiger partial charge is 0.235 e. The first kappa shape index (κ1) is 28.6. The van der Waals surface area contributed by atoms with Crippen molar-refractivity contribution in [2.24, 2.45) is 0 Å². The average molecular weight is 589 g/mol. The Balaban J connectivity index is 1.41. The topological polar surface area (TPSA) is 87.5 Å². The highest BCUT2D eigenvalue weighted by Gasteiger charge is 2.19. The van der Waals surface area contributed by atoms with Crippen LogP contribution >= 0.6 is 11.8 Å². The third kappa shape index (κ3) is 6.69. The van der Waals surface area contributed by atoms with Crippen molar-refractivity contribution >= 4 is 23.4 Å². The highest BCUT2D eigenvalue weighted by atomic mass is 32.2. The standard InChI is InChI=1S/C31H26F2N4O4S/c1-39-26-16-11-20(17-27(26)40-2)18-28-35-36-31(42-19-29(38)34-30-24(32)9-6-10-25(30)33)37(28)21-12-14-23(15-13-21)41-22-7-4-3-5-8-22/h3-17H,18-19H2,1-2H3,(H,34,38). The van der Waals surface area contributed by atoms with Gasteiger partial charge in [0.05, 0.1) is 20.0 Å². The fourth-order valence-electron chi connectivity index (χ4n) is 4.15. The number of carbonyl (C=O) groups excluding carboxylic acids is 1. The summed E-state index contributed by atoms with van der Waals surface area (Å²) in [6, 6.07) is 25.7. The van der Waals surface area contributed by atoms with E-state index in [0.717, 1.165) is 35.1 Å². The maximum absolute atomic E-state index is 14.0. The molecule has 0 saturated heterocycles. The van der Waals surface area contributed by atoms with Crippen molar-refractivity contribution in [3.05, 3.63) is 114 Å². The lowest BCUT2D eigenvalue weighted by Crippen LogP contribution is -2.16. The second-order valence-corrected chi connectivity index (χ2v) is 9.89. The number of ether oxygens (including phenoxy) is 3. The first-order chi connectivity index (χ1) is 20.4. The molecule has 5 rings (SSSR count). The molecular formula is C31H26F2N4O4S. The lowest BCUT2D eigenvalue weighted by atomic mass is 10.1. The molecule has 0 aliphatic carbocycles. The summed E-state index contributed by atoms with van der Waals surface area (Å²) in [5.74, 6) is 0.668. The van der Waals surface area contributed by atoms with Crippen LogP contribution in [-0.2, 0) is 11.2 Å². The molecule has 4 aromatic carbocycles. The van der Waals surface area contributed by atoms with Gasteiger partial charge in [0.25, 0.3) is 0 Å². The summed E-state index contributed by atoms with van der Waals surface area (Å²) in [6.45, 7) is 0. The summed E-state index contributed by atoms with van der Waals surface area (Å²) in [7, 11) is 3.13. The summed E-state index contributed by atoms with van der Waals surface area (Å²) < 4.78 is 46.6. The van der Waals surface area contributed by atoms with Gasteiger partial charge in [-0.05, 0) is 66.2 Å². The largest absolute Gasteiger partial charge is 0.493 e. The SMILES string of the molecule is COc1ccc(Cc2nnc(SCC(=O)Nc3c(F)cccc3F)n2-c2ccc(Oc3ccccc3)cc2)cc1OC. The Labute approximate surface area is 245 Å². The van der Waals surface area contributed by atoms with Gasteiger partial charge in [0.2, 0.25) is 5.91 Å². The molecule has 0 saturated carbocycles. The third-order valence-corrected chi connectivity index (χ3v) is 7.07. The van der Waals surface area contributed by atoms with Gasteiger partial charge in [0.15, 0.2) is 16.7 Å². The van der Waals surface area contributed by atoms with Gasteiger partial charge < -0.3 is 19.5 Å². The van der Waals surface area contributed by atoms with E-state index in [-0.39, 0.29) is 5.75 Å². The Hall–Kier alpha value is -4.90. The number of rotatable bonds is 11. The quantitative estimate of drug-likeness (QED) is 0.172. The molecule has 214 valence electrons. The second-order valence-electron chi connectivity index (χ2n) is 8.94. The van der Waals surface area contributed by atoms with Crippen molar-refractivity contribution in [2.45, 2.75) is 11.6 Å². The number of amides is 1. The van der Waals surface area contributed by atoms with Crippen LogP contribution < -0.4 is 19.5 Å². The highest BCUT2D eigenvalue weighted by molar-refractivity contribution is 7.99. The van der Waals surface area contributed by atoms with Gasteiger partial charge >= 0.3 is 0 Å². The Bertz CT molecular complexity index is 1660. The lowest BCUT2D eigenvalue weighted by Gasteiger charge is -2.13. The molecular weight excluding hydrogens is 562 g/mol. The van der Waals surface area contributed by atoms with Gasteiger partial charge in [-0.3, -0.25) is 9.36 Å². The van der Waals surface area contributed by atoms with Crippen LogP contribution in [0, 0.1) is 11.6 Å². The first-order valence-corrected chi connectivity index (χ1v) is 13.8. The van der Waals surface area contributed by atoms with Gasteiger partial charge in [0, 0.05) is 12.1 Å². The molecule has 0 aliphatic rings. The van der Waals surface area contributed by atoms with E-state index in [1.54, 1.807) is 14.2 Å². The van der Waals surface area contributed by atoms with Gasteiger partial charge in [-0.25, -0.2) is 8.78 Å². The molecule has 1 N–H and O–H groups in total. The summed E-state index contributed by atoms with van der Waals surface area (Å²) in [4.78, 5) is 12.6. The molecule has 42 heavy (non-hydrogen) atoms. The monoisotopic (exact) mass is 588 g/mol. The van der Waals surface area contributed by atoms with E-state index < -0.39 is 23.2 Å². The number of nitrogens with one attached hydrogen (secondary N) is 1. The van der Waals surface area contributed by atoms with Crippen LogP contribution in [0.1, 0.15) is 11.4 Å². The fourth-order valence-corrected chi connectivity index (χ4v) is 4.92. The van der Waals surface area contributed by atoms with Crippen molar-refractivity contribution in [1.29, 1.82) is 0 Å². The van der Waals surface area contributed by atoms with Gasteiger partial charge in [0.1, 0.15) is 34.6 Å². The number of halogens is 2. The van der Waals surface area contributed by atoms with Crippen molar-refractivity contribution in [3.63, 3.8) is 0 Å². The molecule has 1 aromatic heterocycles. The van der Waals surface area contributed by atoms with Crippen LogP contribution in [0.4, 0.5) is 14.5 Å². The van der Waals surface area contributed by atoms with Crippen LogP contribution in [0.5, 0.6) is 23.0 Å². The molecule has 1 amide bonds. The lowest BCUT2D eigenvalue weighted by molar-refractivity contribution is -0.113. The molecule has 0 radical (unpaired) electrons. The number of thioether (sulfide) groups is 1. The maximum atomic E-state index is 14.0. The fraction of sp³-hybridized carbons (Fsp3) is 0.129. The van der Waals surface area contributed by atoms with Crippen LogP contribution in [0.15, 0.2) is 96.2 Å². The molecule has 0 spiro atoms. The van der Waals surface area contributed by atoms with Gasteiger partial charge in [-0.2, -0.15) is 0 Å². The molecule has 1 heterocycles. The van der Waals surface area contributed by atoms with E-state index in [2.05, 4.69) is 15.5 Å². The zero-order chi connectivity index (χ0) is 29.5. The number of benzene rings is 4. The molecule has 5 aromatic rings. The van der Waals surface area contributed by atoms with E-state index in [9.17, 15) is 13.6 Å². The van der Waals surface area contributed by atoms with E-state index >= 15 is 0 Å². The zero-order valence-corrected chi connectivity index (χ0v) is 23.5. The minimum absolute atomic E-state index is 0.155. The molecule has 0 aliphatic heterocycles. The number of nitrogens with zero attached hydrogens (tertiary/aromatic N) is 3. The zero-order valence-electron chi connectivity index (χ0n) is 22.7. The number of hydrogen-bond acceptors (Lipinski definition) is 7. The molecule has 11 heteroatoms. The number of anilines is 1. The van der Waals surface area contributed by atoms with Gasteiger partial charge in [-0.15, -0.1) is 10.2 Å². The minimum Gasteiger partial charge on any atom is -0.493 e. The van der Waals surface area contributed by atoms with Crippen molar-refractivity contribution in [2.75, 3.05) is 25.3 Å². The Kier molecular flexibility index (Phi) is 8.98. The highest BCUT2D eigenvalue weighted by Crippen LogP contribution is 2.31. The number of aromatic nitrogens is 3. The number of carbonyl (C=O) groups is 1. The van der Waals surface area contributed by atoms with E-state index in [1.165, 1.54) is 6.07 Å². The Morgan fingerprint density at radius 2 is 1.52 bits per heavy atom. The molecule has 0 unspecified atom stereocenters. The molecule has 0 bridgehead atoms. The molecule has 8 nitrogen and oxygen atoms in total. The van der Waals surface area contributed by atoms with Crippen molar-refractivity contribution in [1.82, 2.24) is 14.8 Å². The van der Waals surface area contributed by atoms with Crippen LogP contribution in [0.3, 0.4) is 0 Å². The van der Waals surface area contributed by atoms with Gasteiger partial charge in [-0.1, -0.05) is 42.1 Å².